The highest BCUT2D eigenvalue weighted by atomic mass is 32.1. The number of rotatable bonds is 4. The zero-order valence-corrected chi connectivity index (χ0v) is 13.7. The predicted molar refractivity (Wildman–Crippen MR) is 86.0 cm³/mol. The Morgan fingerprint density at radius 3 is 2.57 bits per heavy atom. The lowest BCUT2D eigenvalue weighted by Crippen LogP contribution is -2.45. The zero-order valence-electron chi connectivity index (χ0n) is 12.9. The van der Waals surface area contributed by atoms with E-state index in [1.165, 1.54) is 0 Å². The van der Waals surface area contributed by atoms with Crippen molar-refractivity contribution in [2.45, 2.75) is 51.9 Å². The van der Waals surface area contributed by atoms with Crippen molar-refractivity contribution in [3.8, 4) is 0 Å². The Morgan fingerprint density at radius 1 is 1.33 bits per heavy atom. The Kier molecular flexibility index (Phi) is 5.17. The van der Waals surface area contributed by atoms with Crippen molar-refractivity contribution >= 4 is 23.1 Å². The van der Waals surface area contributed by atoms with Gasteiger partial charge in [0.15, 0.2) is 0 Å². The topological polar surface area (TPSA) is 38.8 Å². The van der Waals surface area contributed by atoms with E-state index in [0.29, 0.717) is 12.2 Å². The number of ether oxygens (including phenoxy) is 2. The molecule has 0 radical (unpaired) electrons. The third-order valence-electron chi connectivity index (χ3n) is 3.28. The van der Waals surface area contributed by atoms with Crippen molar-refractivity contribution in [2.75, 3.05) is 13.1 Å². The molecule has 0 saturated carbocycles. The molecule has 1 saturated heterocycles. The van der Waals surface area contributed by atoms with Crippen molar-refractivity contribution in [1.82, 2.24) is 4.90 Å². The van der Waals surface area contributed by atoms with E-state index >= 15 is 0 Å². The molecule has 1 aliphatic heterocycles. The van der Waals surface area contributed by atoms with Gasteiger partial charge in [0, 0.05) is 19.5 Å². The second-order valence-electron chi connectivity index (χ2n) is 6.33. The summed E-state index contributed by atoms with van der Waals surface area (Å²) in [5.74, 6) is 0.262. The summed E-state index contributed by atoms with van der Waals surface area (Å²) in [6, 6.07) is 0. The third-order valence-corrected chi connectivity index (χ3v) is 3.65. The largest absolute Gasteiger partial charge is 0.463 e. The maximum atomic E-state index is 12.4. The SMILES string of the molecule is CC(C)(C)OC(=O)C(OC1=CC=CCC1=S)N1CCCC1. The van der Waals surface area contributed by atoms with Gasteiger partial charge in [-0.3, -0.25) is 4.90 Å². The quantitative estimate of drug-likeness (QED) is 0.590. The molecule has 2 rings (SSSR count). The molecule has 0 aromatic heterocycles. The van der Waals surface area contributed by atoms with Gasteiger partial charge in [-0.2, -0.15) is 0 Å². The van der Waals surface area contributed by atoms with E-state index in [2.05, 4.69) is 0 Å². The highest BCUT2D eigenvalue weighted by Crippen LogP contribution is 2.21. The van der Waals surface area contributed by atoms with Gasteiger partial charge in [-0.25, -0.2) is 4.79 Å². The number of hydrogen-bond donors (Lipinski definition) is 0. The van der Waals surface area contributed by atoms with Crippen LogP contribution in [0, 0.1) is 0 Å². The van der Waals surface area contributed by atoms with Crippen molar-refractivity contribution in [3.05, 3.63) is 24.0 Å². The van der Waals surface area contributed by atoms with Gasteiger partial charge in [0.25, 0.3) is 6.23 Å². The molecule has 0 amide bonds. The van der Waals surface area contributed by atoms with Gasteiger partial charge in [0.2, 0.25) is 0 Å². The first-order chi connectivity index (χ1) is 9.87. The summed E-state index contributed by atoms with van der Waals surface area (Å²) in [7, 11) is 0. The second-order valence-corrected chi connectivity index (χ2v) is 6.83. The van der Waals surface area contributed by atoms with E-state index in [0.717, 1.165) is 30.8 Å². The molecule has 1 fully saturated rings. The third kappa shape index (κ3) is 4.64. The number of carbonyl (C=O) groups excluding carboxylic acids is 1. The molecular weight excluding hydrogens is 286 g/mol. The molecule has 1 atom stereocenters. The van der Waals surface area contributed by atoms with Crippen LogP contribution in [-0.4, -0.2) is 40.7 Å². The maximum Gasteiger partial charge on any atom is 0.363 e. The lowest BCUT2D eigenvalue weighted by Gasteiger charge is -2.30. The molecule has 0 aromatic rings. The Bertz CT molecular complexity index is 470. The summed E-state index contributed by atoms with van der Waals surface area (Å²) in [5, 5.41) is 0. The van der Waals surface area contributed by atoms with Crippen LogP contribution >= 0.6 is 12.2 Å². The molecule has 21 heavy (non-hydrogen) atoms. The Labute approximate surface area is 131 Å². The van der Waals surface area contributed by atoms with Crippen LogP contribution in [0.5, 0.6) is 0 Å². The fourth-order valence-corrected chi connectivity index (χ4v) is 2.56. The first kappa shape index (κ1) is 16.2. The van der Waals surface area contributed by atoms with E-state index < -0.39 is 11.8 Å². The normalized spacial score (nSPS) is 21.1. The van der Waals surface area contributed by atoms with Crippen molar-refractivity contribution in [3.63, 3.8) is 0 Å². The molecular formula is C16H23NO3S. The summed E-state index contributed by atoms with van der Waals surface area (Å²) in [4.78, 5) is 15.2. The summed E-state index contributed by atoms with van der Waals surface area (Å²) >= 11 is 5.30. The molecule has 116 valence electrons. The number of nitrogens with zero attached hydrogens (tertiary/aromatic N) is 1. The number of carbonyl (C=O) groups is 1. The van der Waals surface area contributed by atoms with E-state index in [-0.39, 0.29) is 5.97 Å². The lowest BCUT2D eigenvalue weighted by molar-refractivity contribution is -0.176. The molecule has 0 N–H and O–H groups in total. The van der Waals surface area contributed by atoms with Gasteiger partial charge in [0.1, 0.15) is 11.4 Å². The summed E-state index contributed by atoms with van der Waals surface area (Å²) < 4.78 is 11.4. The highest BCUT2D eigenvalue weighted by molar-refractivity contribution is 7.80. The van der Waals surface area contributed by atoms with Crippen LogP contribution in [-0.2, 0) is 14.3 Å². The Balaban J connectivity index is 2.12. The van der Waals surface area contributed by atoms with Crippen LogP contribution in [0.4, 0.5) is 0 Å². The minimum Gasteiger partial charge on any atom is -0.463 e. The molecule has 2 aliphatic rings. The monoisotopic (exact) mass is 309 g/mol. The first-order valence-electron chi connectivity index (χ1n) is 7.40. The average molecular weight is 309 g/mol. The van der Waals surface area contributed by atoms with Crippen LogP contribution in [0.15, 0.2) is 24.0 Å². The Morgan fingerprint density at radius 2 is 2.00 bits per heavy atom. The molecule has 1 aliphatic carbocycles. The van der Waals surface area contributed by atoms with Crippen LogP contribution < -0.4 is 0 Å². The van der Waals surface area contributed by atoms with Crippen LogP contribution in [0.1, 0.15) is 40.0 Å². The molecule has 1 heterocycles. The lowest BCUT2D eigenvalue weighted by atomic mass is 10.1. The smallest absolute Gasteiger partial charge is 0.363 e. The minimum atomic E-state index is -0.706. The van der Waals surface area contributed by atoms with Crippen LogP contribution in [0.2, 0.25) is 0 Å². The van der Waals surface area contributed by atoms with E-state index in [9.17, 15) is 4.79 Å². The molecule has 0 spiro atoms. The van der Waals surface area contributed by atoms with Crippen LogP contribution in [0.3, 0.4) is 0 Å². The summed E-state index contributed by atoms with van der Waals surface area (Å²) in [6.07, 6.45) is 7.83. The van der Waals surface area contributed by atoms with Crippen molar-refractivity contribution < 1.29 is 14.3 Å². The molecule has 0 bridgehead atoms. The molecule has 0 aromatic carbocycles. The van der Waals surface area contributed by atoms with E-state index in [1.807, 2.05) is 43.9 Å². The second kappa shape index (κ2) is 6.71. The number of esters is 1. The maximum absolute atomic E-state index is 12.4. The van der Waals surface area contributed by atoms with E-state index in [1.54, 1.807) is 0 Å². The Hall–Kier alpha value is -1.20. The van der Waals surface area contributed by atoms with Gasteiger partial charge in [-0.1, -0.05) is 24.4 Å². The van der Waals surface area contributed by atoms with Crippen LogP contribution in [0.25, 0.3) is 0 Å². The summed E-state index contributed by atoms with van der Waals surface area (Å²) in [6.45, 7) is 7.27. The number of hydrogen-bond acceptors (Lipinski definition) is 5. The number of thiocarbonyl (C=S) groups is 1. The number of likely N-dealkylation sites (tertiary alicyclic amines) is 1. The predicted octanol–water partition coefficient (Wildman–Crippen LogP) is 2.98. The van der Waals surface area contributed by atoms with Gasteiger partial charge < -0.3 is 9.47 Å². The molecule has 4 nitrogen and oxygen atoms in total. The number of allylic oxidation sites excluding steroid dienone is 4. The van der Waals surface area contributed by atoms with Crippen molar-refractivity contribution in [2.24, 2.45) is 0 Å². The minimum absolute atomic E-state index is 0.345. The van der Waals surface area contributed by atoms with Gasteiger partial charge in [0.05, 0.1) is 4.86 Å². The summed E-state index contributed by atoms with van der Waals surface area (Å²) in [5.41, 5.74) is -0.528. The van der Waals surface area contributed by atoms with Gasteiger partial charge >= 0.3 is 5.97 Å². The van der Waals surface area contributed by atoms with Gasteiger partial charge in [-0.15, -0.1) is 0 Å². The average Bonchev–Trinajstić information content (AvgIpc) is 2.89. The standard InChI is InChI=1S/C16H23NO3S/c1-16(2,3)20-15(18)14(17-10-6-7-11-17)19-12-8-4-5-9-13(12)21/h4-5,8,14H,6-7,9-11H2,1-3H3. The highest BCUT2D eigenvalue weighted by Gasteiger charge is 2.34. The van der Waals surface area contributed by atoms with Gasteiger partial charge in [-0.05, 0) is 39.7 Å². The molecule has 5 heteroatoms. The molecule has 1 unspecified atom stereocenters. The fraction of sp³-hybridized carbons (Fsp3) is 0.625. The zero-order chi connectivity index (χ0) is 15.5. The van der Waals surface area contributed by atoms with Crippen molar-refractivity contribution in [1.29, 1.82) is 0 Å². The van der Waals surface area contributed by atoms with E-state index in [4.69, 9.17) is 21.7 Å². The fourth-order valence-electron chi connectivity index (χ4n) is 2.35. The first-order valence-corrected chi connectivity index (χ1v) is 7.81.